The number of thiazole rings is 1. The molecule has 0 atom stereocenters. The number of aromatic nitrogens is 1. The monoisotopic (exact) mass is 295 g/mol. The highest BCUT2D eigenvalue weighted by atomic mass is 35.5. The van der Waals surface area contributed by atoms with Crippen LogP contribution in [0, 0.1) is 6.92 Å². The topological polar surface area (TPSA) is 42.2 Å². The van der Waals surface area contributed by atoms with E-state index in [2.05, 4.69) is 22.0 Å². The van der Waals surface area contributed by atoms with Crippen LogP contribution in [0.4, 0.5) is 5.69 Å². The minimum atomic E-state index is 0.644. The number of rotatable bonds is 5. The van der Waals surface area contributed by atoms with Gasteiger partial charge in [-0.3, -0.25) is 0 Å². The van der Waals surface area contributed by atoms with Crippen LogP contribution in [0.3, 0.4) is 0 Å². The van der Waals surface area contributed by atoms with Crippen LogP contribution in [0.25, 0.3) is 0 Å². The number of benzene rings is 1. The Morgan fingerprint density at radius 3 is 2.79 bits per heavy atom. The summed E-state index contributed by atoms with van der Waals surface area (Å²) in [6.07, 6.45) is 0.859. The third kappa shape index (κ3) is 3.47. The van der Waals surface area contributed by atoms with Crippen molar-refractivity contribution in [1.82, 2.24) is 4.98 Å². The lowest BCUT2D eigenvalue weighted by Crippen LogP contribution is -2.16. The second kappa shape index (κ2) is 6.37. The van der Waals surface area contributed by atoms with E-state index in [0.29, 0.717) is 6.54 Å². The normalized spacial score (nSPS) is 10.7. The Hall–Kier alpha value is -1.10. The molecule has 19 heavy (non-hydrogen) atoms. The highest BCUT2D eigenvalue weighted by Crippen LogP contribution is 2.28. The van der Waals surface area contributed by atoms with Gasteiger partial charge in [0.05, 0.1) is 28.5 Å². The molecule has 1 aromatic heterocycles. The zero-order valence-corrected chi connectivity index (χ0v) is 12.8. The lowest BCUT2D eigenvalue weighted by molar-refractivity contribution is 0.922. The zero-order valence-electron chi connectivity index (χ0n) is 11.2. The van der Waals surface area contributed by atoms with E-state index in [9.17, 15) is 0 Å². The fraction of sp³-hybridized carbons (Fsp3) is 0.357. The highest BCUT2D eigenvalue weighted by Gasteiger charge is 2.10. The first kappa shape index (κ1) is 14.3. The number of hydrogen-bond acceptors (Lipinski definition) is 4. The number of halogens is 1. The van der Waals surface area contributed by atoms with Gasteiger partial charge in [-0.25, -0.2) is 4.98 Å². The Kier molecular flexibility index (Phi) is 4.80. The Balaban J connectivity index is 2.15. The van der Waals surface area contributed by atoms with Crippen LogP contribution in [0.2, 0.25) is 5.02 Å². The molecule has 102 valence electrons. The molecule has 0 fully saturated rings. The van der Waals surface area contributed by atoms with Crippen LogP contribution in [0.15, 0.2) is 23.7 Å². The second-order valence-corrected chi connectivity index (χ2v) is 5.89. The van der Waals surface area contributed by atoms with Crippen molar-refractivity contribution in [3.8, 4) is 0 Å². The molecule has 0 aliphatic carbocycles. The maximum atomic E-state index is 6.35. The smallest absolute Gasteiger partial charge is 0.0798 e. The summed E-state index contributed by atoms with van der Waals surface area (Å²) in [5.41, 5.74) is 10.7. The van der Waals surface area contributed by atoms with Crippen molar-refractivity contribution in [2.24, 2.45) is 5.73 Å². The minimum Gasteiger partial charge on any atom is -0.368 e. The Labute approximate surface area is 123 Å². The highest BCUT2D eigenvalue weighted by molar-refractivity contribution is 7.09. The van der Waals surface area contributed by atoms with Gasteiger partial charge in [-0.2, -0.15) is 0 Å². The van der Waals surface area contributed by atoms with Gasteiger partial charge in [-0.05, 0) is 37.6 Å². The minimum absolute atomic E-state index is 0.644. The molecule has 0 radical (unpaired) electrons. The molecule has 2 rings (SSSR count). The Morgan fingerprint density at radius 2 is 2.21 bits per heavy atom. The van der Waals surface area contributed by atoms with Gasteiger partial charge in [0, 0.05) is 11.9 Å². The summed E-state index contributed by atoms with van der Waals surface area (Å²) in [7, 11) is 2.04. The third-order valence-corrected chi connectivity index (χ3v) is 4.30. The van der Waals surface area contributed by atoms with Crippen molar-refractivity contribution < 1.29 is 0 Å². The molecule has 0 spiro atoms. The van der Waals surface area contributed by atoms with E-state index in [1.165, 1.54) is 10.4 Å². The van der Waals surface area contributed by atoms with Gasteiger partial charge >= 0.3 is 0 Å². The van der Waals surface area contributed by atoms with Crippen LogP contribution in [0.5, 0.6) is 0 Å². The van der Waals surface area contributed by atoms with Gasteiger partial charge in [0.25, 0.3) is 0 Å². The van der Waals surface area contributed by atoms with Crippen LogP contribution in [0.1, 0.15) is 16.1 Å². The van der Waals surface area contributed by atoms with Crippen molar-refractivity contribution in [2.45, 2.75) is 19.9 Å². The van der Waals surface area contributed by atoms with E-state index in [-0.39, 0.29) is 0 Å². The van der Waals surface area contributed by atoms with Crippen molar-refractivity contribution >= 4 is 28.6 Å². The number of aryl methyl sites for hydroxylation is 1. The van der Waals surface area contributed by atoms with Crippen LogP contribution < -0.4 is 10.6 Å². The average Bonchev–Trinajstić information content (AvgIpc) is 2.75. The number of hydrogen-bond donors (Lipinski definition) is 1. The number of nitrogens with two attached hydrogens (primary N) is 1. The van der Waals surface area contributed by atoms with Gasteiger partial charge in [-0.15, -0.1) is 11.3 Å². The molecule has 5 heteroatoms. The quantitative estimate of drug-likeness (QED) is 0.921. The predicted molar refractivity (Wildman–Crippen MR) is 83.2 cm³/mol. The molecule has 3 nitrogen and oxygen atoms in total. The molecule has 2 N–H and O–H groups in total. The summed E-state index contributed by atoms with van der Waals surface area (Å²) < 4.78 is 0. The molecule has 0 bridgehead atoms. The largest absolute Gasteiger partial charge is 0.368 e. The Bertz CT molecular complexity index is 553. The van der Waals surface area contributed by atoms with E-state index < -0.39 is 0 Å². The van der Waals surface area contributed by atoms with Crippen molar-refractivity contribution in [2.75, 3.05) is 18.5 Å². The van der Waals surface area contributed by atoms with Gasteiger partial charge in [0.1, 0.15) is 0 Å². The van der Waals surface area contributed by atoms with E-state index in [0.717, 1.165) is 29.4 Å². The van der Waals surface area contributed by atoms with E-state index in [4.69, 9.17) is 17.3 Å². The first-order valence-electron chi connectivity index (χ1n) is 6.20. The van der Waals surface area contributed by atoms with E-state index >= 15 is 0 Å². The van der Waals surface area contributed by atoms with Gasteiger partial charge in [-0.1, -0.05) is 17.7 Å². The molecule has 1 heterocycles. The van der Waals surface area contributed by atoms with E-state index in [1.54, 1.807) is 11.3 Å². The molecule has 2 aromatic rings. The lowest BCUT2D eigenvalue weighted by atomic mass is 10.1. The van der Waals surface area contributed by atoms with Crippen molar-refractivity contribution in [3.63, 3.8) is 0 Å². The molecule has 0 aliphatic heterocycles. The fourth-order valence-corrected chi connectivity index (χ4v) is 3.14. The second-order valence-electron chi connectivity index (χ2n) is 4.54. The first-order valence-corrected chi connectivity index (χ1v) is 7.46. The molecule has 1 aromatic carbocycles. The maximum Gasteiger partial charge on any atom is 0.0798 e. The molecule has 0 aliphatic rings. The van der Waals surface area contributed by atoms with E-state index in [1.807, 2.05) is 25.5 Å². The van der Waals surface area contributed by atoms with Crippen LogP contribution in [-0.2, 0) is 13.0 Å². The molecular formula is C14H18ClN3S. The number of anilines is 1. The van der Waals surface area contributed by atoms with Gasteiger partial charge in [0.2, 0.25) is 0 Å². The third-order valence-electron chi connectivity index (χ3n) is 3.08. The molecule has 0 amide bonds. The summed E-state index contributed by atoms with van der Waals surface area (Å²) in [5.74, 6) is 0. The molecule has 0 saturated carbocycles. The lowest BCUT2D eigenvalue weighted by Gasteiger charge is -2.20. The van der Waals surface area contributed by atoms with Gasteiger partial charge < -0.3 is 10.6 Å². The van der Waals surface area contributed by atoms with Crippen molar-refractivity contribution in [1.29, 1.82) is 0 Å². The molecule has 0 unspecified atom stereocenters. The van der Waals surface area contributed by atoms with Crippen LogP contribution in [-0.4, -0.2) is 18.6 Å². The molecular weight excluding hydrogens is 278 g/mol. The first-order chi connectivity index (χ1) is 9.11. The van der Waals surface area contributed by atoms with Gasteiger partial charge in [0.15, 0.2) is 0 Å². The summed E-state index contributed by atoms with van der Waals surface area (Å²) in [6, 6.07) is 6.15. The summed E-state index contributed by atoms with van der Waals surface area (Å²) in [6.45, 7) is 3.50. The summed E-state index contributed by atoms with van der Waals surface area (Å²) in [5, 5.41) is 0.774. The average molecular weight is 296 g/mol. The van der Waals surface area contributed by atoms with Crippen molar-refractivity contribution in [3.05, 3.63) is 44.9 Å². The fourth-order valence-electron chi connectivity index (χ4n) is 1.96. The van der Waals surface area contributed by atoms with Crippen LogP contribution >= 0.6 is 22.9 Å². The number of nitrogens with zero attached hydrogens (tertiary/aromatic N) is 2. The standard InChI is InChI=1S/C14H18ClN3S/c1-10-14(19-9-17-10)8-18(2)13-4-3-11(5-6-16)7-12(13)15/h3-4,7,9H,5-6,8,16H2,1-2H3. The Morgan fingerprint density at radius 1 is 1.42 bits per heavy atom. The predicted octanol–water partition coefficient (Wildman–Crippen LogP) is 3.24. The SMILES string of the molecule is Cc1ncsc1CN(C)c1ccc(CCN)cc1Cl. The molecule has 0 saturated heterocycles. The zero-order chi connectivity index (χ0) is 13.8. The maximum absolute atomic E-state index is 6.35. The summed E-state index contributed by atoms with van der Waals surface area (Å²) >= 11 is 8.02. The summed E-state index contributed by atoms with van der Waals surface area (Å²) in [4.78, 5) is 7.69.